The fourth-order valence-corrected chi connectivity index (χ4v) is 3.35. The number of benzene rings is 2. The summed E-state index contributed by atoms with van der Waals surface area (Å²) in [5.41, 5.74) is 4.88. The molecular formula is C22H26N4OS. The lowest BCUT2D eigenvalue weighted by Crippen LogP contribution is -2.22. The first kappa shape index (κ1) is 20.0. The SMILES string of the molecule is Cc1ccc(SNc2cc(C(=O)NCc3cnn(C(C)C)c3)ccc2C)cc1. The lowest BCUT2D eigenvalue weighted by atomic mass is 10.1. The van der Waals surface area contributed by atoms with Crippen molar-refractivity contribution >= 4 is 23.5 Å². The first-order valence-electron chi connectivity index (χ1n) is 9.34. The second-order valence-corrected chi connectivity index (χ2v) is 8.03. The molecule has 0 saturated carbocycles. The van der Waals surface area contributed by atoms with E-state index in [0.717, 1.165) is 21.7 Å². The van der Waals surface area contributed by atoms with Crippen LogP contribution in [0.3, 0.4) is 0 Å². The Kier molecular flexibility index (Phi) is 6.41. The van der Waals surface area contributed by atoms with Crippen molar-refractivity contribution in [3.05, 3.63) is 77.1 Å². The Morgan fingerprint density at radius 1 is 1.14 bits per heavy atom. The van der Waals surface area contributed by atoms with Crippen molar-refractivity contribution in [3.63, 3.8) is 0 Å². The molecule has 146 valence electrons. The summed E-state index contributed by atoms with van der Waals surface area (Å²) in [5, 5.41) is 7.27. The Morgan fingerprint density at radius 3 is 2.57 bits per heavy atom. The summed E-state index contributed by atoms with van der Waals surface area (Å²) in [6, 6.07) is 14.3. The highest BCUT2D eigenvalue weighted by Crippen LogP contribution is 2.25. The van der Waals surface area contributed by atoms with Crippen LogP contribution in [-0.2, 0) is 6.54 Å². The number of aryl methyl sites for hydroxylation is 2. The quantitative estimate of drug-likeness (QED) is 0.546. The van der Waals surface area contributed by atoms with Crippen LogP contribution in [0, 0.1) is 13.8 Å². The smallest absolute Gasteiger partial charge is 0.251 e. The van der Waals surface area contributed by atoms with Gasteiger partial charge in [-0.3, -0.25) is 9.48 Å². The number of carbonyl (C=O) groups is 1. The average molecular weight is 395 g/mol. The molecule has 6 heteroatoms. The van der Waals surface area contributed by atoms with Gasteiger partial charge >= 0.3 is 0 Å². The molecule has 0 fully saturated rings. The maximum absolute atomic E-state index is 12.6. The van der Waals surface area contributed by atoms with E-state index >= 15 is 0 Å². The van der Waals surface area contributed by atoms with Crippen LogP contribution in [-0.4, -0.2) is 15.7 Å². The molecule has 0 spiro atoms. The number of carbonyl (C=O) groups excluding carboxylic acids is 1. The monoisotopic (exact) mass is 394 g/mol. The van der Waals surface area contributed by atoms with Gasteiger partial charge in [0, 0.05) is 40.5 Å². The highest BCUT2D eigenvalue weighted by molar-refractivity contribution is 8.00. The molecule has 0 unspecified atom stereocenters. The highest BCUT2D eigenvalue weighted by atomic mass is 32.2. The zero-order valence-corrected chi connectivity index (χ0v) is 17.5. The predicted octanol–water partition coefficient (Wildman–Crippen LogP) is 5.13. The molecule has 28 heavy (non-hydrogen) atoms. The van der Waals surface area contributed by atoms with Gasteiger partial charge in [0.2, 0.25) is 0 Å². The van der Waals surface area contributed by atoms with Crippen LogP contribution in [0.2, 0.25) is 0 Å². The van der Waals surface area contributed by atoms with Crippen molar-refractivity contribution in [1.82, 2.24) is 15.1 Å². The molecule has 1 aromatic heterocycles. The maximum Gasteiger partial charge on any atom is 0.251 e. The van der Waals surface area contributed by atoms with E-state index in [2.05, 4.69) is 60.2 Å². The third-order valence-corrected chi connectivity index (χ3v) is 5.27. The molecule has 0 saturated heterocycles. The third kappa shape index (κ3) is 5.16. The van der Waals surface area contributed by atoms with Crippen molar-refractivity contribution in [2.24, 2.45) is 0 Å². The van der Waals surface area contributed by atoms with Gasteiger partial charge in [0.1, 0.15) is 0 Å². The second kappa shape index (κ2) is 8.97. The van der Waals surface area contributed by atoms with Crippen LogP contribution in [0.25, 0.3) is 0 Å². The minimum atomic E-state index is -0.0966. The fraction of sp³-hybridized carbons (Fsp3) is 0.273. The molecule has 0 aliphatic carbocycles. The number of anilines is 1. The molecule has 3 rings (SSSR count). The molecule has 1 amide bonds. The number of aromatic nitrogens is 2. The van der Waals surface area contributed by atoms with Crippen LogP contribution >= 0.6 is 11.9 Å². The van der Waals surface area contributed by atoms with Gasteiger partial charge in [-0.05, 0) is 69.5 Å². The van der Waals surface area contributed by atoms with Gasteiger partial charge in [0.25, 0.3) is 5.91 Å². The van der Waals surface area contributed by atoms with Crippen LogP contribution in [0.4, 0.5) is 5.69 Å². The highest BCUT2D eigenvalue weighted by Gasteiger charge is 2.10. The summed E-state index contributed by atoms with van der Waals surface area (Å²) in [6.07, 6.45) is 3.76. The molecule has 2 N–H and O–H groups in total. The van der Waals surface area contributed by atoms with E-state index in [4.69, 9.17) is 0 Å². The molecule has 0 bridgehead atoms. The average Bonchev–Trinajstić information content (AvgIpc) is 3.16. The van der Waals surface area contributed by atoms with E-state index in [9.17, 15) is 4.79 Å². The summed E-state index contributed by atoms with van der Waals surface area (Å²) < 4.78 is 5.24. The van der Waals surface area contributed by atoms with Crippen LogP contribution in [0.15, 0.2) is 59.8 Å². The Morgan fingerprint density at radius 2 is 1.89 bits per heavy atom. The van der Waals surface area contributed by atoms with E-state index in [0.29, 0.717) is 18.2 Å². The van der Waals surface area contributed by atoms with Crippen molar-refractivity contribution < 1.29 is 4.79 Å². The topological polar surface area (TPSA) is 59.0 Å². The lowest BCUT2D eigenvalue weighted by Gasteiger charge is -2.11. The van der Waals surface area contributed by atoms with Gasteiger partial charge in [0.05, 0.1) is 6.20 Å². The van der Waals surface area contributed by atoms with Crippen molar-refractivity contribution in [1.29, 1.82) is 0 Å². The second-order valence-electron chi connectivity index (χ2n) is 7.15. The standard InChI is InChI=1S/C22H26N4OS/c1-15(2)26-14-18(13-24-26)12-23-22(27)19-8-7-17(4)21(11-19)25-28-20-9-5-16(3)6-10-20/h5-11,13-15,25H,12H2,1-4H3,(H,23,27). The first-order valence-corrected chi connectivity index (χ1v) is 10.2. The van der Waals surface area contributed by atoms with E-state index < -0.39 is 0 Å². The Bertz CT molecular complexity index is 947. The lowest BCUT2D eigenvalue weighted by molar-refractivity contribution is 0.0951. The molecule has 0 aliphatic heterocycles. The van der Waals surface area contributed by atoms with Gasteiger partial charge in [-0.15, -0.1) is 0 Å². The van der Waals surface area contributed by atoms with E-state index in [1.807, 2.05) is 36.0 Å². The number of rotatable bonds is 7. The number of nitrogens with zero attached hydrogens (tertiary/aromatic N) is 2. The summed E-state index contributed by atoms with van der Waals surface area (Å²) in [6.45, 7) is 8.71. The van der Waals surface area contributed by atoms with E-state index in [1.165, 1.54) is 17.5 Å². The van der Waals surface area contributed by atoms with E-state index in [1.54, 1.807) is 6.20 Å². The van der Waals surface area contributed by atoms with Gasteiger partial charge in [-0.2, -0.15) is 5.10 Å². The normalized spacial score (nSPS) is 10.9. The summed E-state index contributed by atoms with van der Waals surface area (Å²) in [7, 11) is 0. The molecule has 0 aliphatic rings. The number of nitrogens with one attached hydrogen (secondary N) is 2. The van der Waals surface area contributed by atoms with Gasteiger partial charge in [-0.25, -0.2) is 0 Å². The van der Waals surface area contributed by atoms with Crippen LogP contribution in [0.5, 0.6) is 0 Å². The predicted molar refractivity (Wildman–Crippen MR) is 116 cm³/mol. The van der Waals surface area contributed by atoms with Gasteiger partial charge in [0.15, 0.2) is 0 Å². The summed E-state index contributed by atoms with van der Waals surface area (Å²) in [4.78, 5) is 13.7. The number of amides is 1. The van der Waals surface area contributed by atoms with Crippen molar-refractivity contribution in [2.75, 3.05) is 4.72 Å². The fourth-order valence-electron chi connectivity index (χ4n) is 2.63. The molecule has 0 radical (unpaired) electrons. The minimum absolute atomic E-state index is 0.0966. The molecular weight excluding hydrogens is 368 g/mol. The summed E-state index contributed by atoms with van der Waals surface area (Å²) >= 11 is 1.54. The van der Waals surface area contributed by atoms with Gasteiger partial charge in [-0.1, -0.05) is 23.8 Å². The zero-order chi connectivity index (χ0) is 20.1. The molecule has 3 aromatic rings. The van der Waals surface area contributed by atoms with Crippen molar-refractivity contribution in [2.45, 2.75) is 45.2 Å². The minimum Gasteiger partial charge on any atom is -0.348 e. The largest absolute Gasteiger partial charge is 0.348 e. The van der Waals surface area contributed by atoms with E-state index in [-0.39, 0.29) is 5.91 Å². The summed E-state index contributed by atoms with van der Waals surface area (Å²) in [5.74, 6) is -0.0966. The Balaban J connectivity index is 1.62. The molecule has 2 aromatic carbocycles. The Hall–Kier alpha value is -2.73. The Labute approximate surface area is 170 Å². The molecule has 1 heterocycles. The third-order valence-electron chi connectivity index (χ3n) is 4.44. The zero-order valence-electron chi connectivity index (χ0n) is 16.7. The van der Waals surface area contributed by atoms with Crippen molar-refractivity contribution in [3.8, 4) is 0 Å². The van der Waals surface area contributed by atoms with Gasteiger partial charge < -0.3 is 10.0 Å². The maximum atomic E-state index is 12.6. The number of hydrogen-bond donors (Lipinski definition) is 2. The van der Waals surface area contributed by atoms with Crippen LogP contribution in [0.1, 0.15) is 46.9 Å². The number of hydrogen-bond acceptors (Lipinski definition) is 4. The molecule has 5 nitrogen and oxygen atoms in total. The first-order chi connectivity index (χ1) is 13.4. The molecule has 0 atom stereocenters. The van der Waals surface area contributed by atoms with Crippen LogP contribution < -0.4 is 10.0 Å².